The number of nitrogens with zero attached hydrogens (tertiary/aromatic N) is 1. The number of carbonyl (C=O) groups is 1. The van der Waals surface area contributed by atoms with Gasteiger partial charge >= 0.3 is 0 Å². The van der Waals surface area contributed by atoms with E-state index in [4.69, 9.17) is 4.74 Å². The van der Waals surface area contributed by atoms with Gasteiger partial charge in [0.15, 0.2) is 6.61 Å². The molecule has 2 aromatic rings. The van der Waals surface area contributed by atoms with Crippen LogP contribution < -0.4 is 10.2 Å². The summed E-state index contributed by atoms with van der Waals surface area (Å²) >= 11 is 0. The van der Waals surface area contributed by atoms with Gasteiger partial charge in [0.1, 0.15) is 5.75 Å². The fraction of sp³-hybridized carbons (Fsp3) is 0.417. The van der Waals surface area contributed by atoms with Crippen molar-refractivity contribution >= 4 is 11.6 Å². The van der Waals surface area contributed by atoms with E-state index in [-0.39, 0.29) is 17.9 Å². The predicted molar refractivity (Wildman–Crippen MR) is 114 cm³/mol. The number of aryl methyl sites for hydroxylation is 2. The molecule has 148 valence electrons. The Balaban J connectivity index is 1.61. The number of hydrogen-bond donors (Lipinski definition) is 1. The van der Waals surface area contributed by atoms with Crippen LogP contribution in [-0.4, -0.2) is 18.2 Å². The first-order valence-electron chi connectivity index (χ1n) is 9.93. The van der Waals surface area contributed by atoms with Crippen molar-refractivity contribution in [3.8, 4) is 5.75 Å². The summed E-state index contributed by atoms with van der Waals surface area (Å²) in [5.41, 5.74) is 9.99. The lowest BCUT2D eigenvalue weighted by molar-refractivity contribution is -0.123. The molecule has 0 saturated heterocycles. The zero-order valence-corrected chi connectivity index (χ0v) is 17.6. The number of fused-ring (bicyclic) bond motifs is 1. The number of hydrogen-bond acceptors (Lipinski definition) is 3. The van der Waals surface area contributed by atoms with Crippen LogP contribution in [0, 0.1) is 13.8 Å². The Kier molecular flexibility index (Phi) is 5.87. The van der Waals surface area contributed by atoms with Gasteiger partial charge in [-0.25, -0.2) is 5.43 Å². The molecular weight excluding hydrogens is 348 g/mol. The molecule has 1 aliphatic carbocycles. The Morgan fingerprint density at radius 3 is 2.50 bits per heavy atom. The molecule has 0 bridgehead atoms. The first kappa shape index (κ1) is 20.1. The SMILES string of the molecule is Cc1cc(C)c2c(c1)C(=NNC(=O)COc1ccc(C(C)(C)C)cc1)CCC2. The van der Waals surface area contributed by atoms with Crippen LogP contribution >= 0.6 is 0 Å². The molecule has 1 amide bonds. The number of amides is 1. The topological polar surface area (TPSA) is 50.7 Å². The molecule has 2 aromatic carbocycles. The molecule has 28 heavy (non-hydrogen) atoms. The van der Waals surface area contributed by atoms with Crippen LogP contribution in [0.3, 0.4) is 0 Å². The van der Waals surface area contributed by atoms with Gasteiger partial charge in [0.25, 0.3) is 5.91 Å². The molecular formula is C24H30N2O2. The van der Waals surface area contributed by atoms with Crippen molar-refractivity contribution in [2.24, 2.45) is 5.10 Å². The molecule has 0 heterocycles. The number of ether oxygens (including phenoxy) is 1. The minimum absolute atomic E-state index is 0.0503. The Morgan fingerprint density at radius 1 is 1.11 bits per heavy atom. The molecule has 4 nitrogen and oxygen atoms in total. The Hall–Kier alpha value is -2.62. The first-order valence-corrected chi connectivity index (χ1v) is 9.93. The minimum Gasteiger partial charge on any atom is -0.484 e. The van der Waals surface area contributed by atoms with E-state index >= 15 is 0 Å². The van der Waals surface area contributed by atoms with Crippen LogP contribution in [0.5, 0.6) is 5.75 Å². The van der Waals surface area contributed by atoms with E-state index in [0.717, 1.165) is 25.0 Å². The van der Waals surface area contributed by atoms with Crippen molar-refractivity contribution in [1.82, 2.24) is 5.43 Å². The molecule has 0 aromatic heterocycles. The Labute approximate surface area is 168 Å². The van der Waals surface area contributed by atoms with Crippen LogP contribution in [0.2, 0.25) is 0 Å². The highest BCUT2D eigenvalue weighted by molar-refractivity contribution is 6.03. The lowest BCUT2D eigenvalue weighted by Crippen LogP contribution is -2.27. The number of carbonyl (C=O) groups excluding carboxylic acids is 1. The fourth-order valence-electron chi connectivity index (χ4n) is 3.63. The zero-order chi connectivity index (χ0) is 20.3. The molecule has 0 spiro atoms. The van der Waals surface area contributed by atoms with E-state index in [1.54, 1.807) is 0 Å². The van der Waals surface area contributed by atoms with E-state index in [9.17, 15) is 4.79 Å². The van der Waals surface area contributed by atoms with Crippen molar-refractivity contribution in [3.63, 3.8) is 0 Å². The number of rotatable bonds is 4. The standard InChI is InChI=1S/C24H30N2O2/c1-16-13-17(2)20-7-6-8-22(21(20)14-16)25-26-23(27)15-28-19-11-9-18(10-12-19)24(3,4)5/h9-14H,6-8,15H2,1-5H3,(H,26,27). The van der Waals surface area contributed by atoms with Gasteiger partial charge in [-0.3, -0.25) is 4.79 Å². The lowest BCUT2D eigenvalue weighted by Gasteiger charge is -2.20. The van der Waals surface area contributed by atoms with Crippen LogP contribution in [-0.2, 0) is 16.6 Å². The molecule has 0 fully saturated rings. The predicted octanol–water partition coefficient (Wildman–Crippen LogP) is 4.84. The molecule has 0 unspecified atom stereocenters. The molecule has 1 aliphatic rings. The summed E-state index contributed by atoms with van der Waals surface area (Å²) < 4.78 is 5.60. The average Bonchev–Trinajstić information content (AvgIpc) is 2.64. The number of hydrazone groups is 1. The monoisotopic (exact) mass is 378 g/mol. The molecule has 3 rings (SSSR count). The summed E-state index contributed by atoms with van der Waals surface area (Å²) in [4.78, 5) is 12.2. The summed E-state index contributed by atoms with van der Waals surface area (Å²) in [6.45, 7) is 10.7. The normalized spacial score (nSPS) is 15.2. The second-order valence-corrected chi connectivity index (χ2v) is 8.62. The second kappa shape index (κ2) is 8.17. The first-order chi connectivity index (χ1) is 13.2. The van der Waals surface area contributed by atoms with Gasteiger partial charge in [0.2, 0.25) is 0 Å². The highest BCUT2D eigenvalue weighted by Gasteiger charge is 2.18. The molecule has 0 saturated carbocycles. The van der Waals surface area contributed by atoms with E-state index in [1.807, 2.05) is 24.3 Å². The maximum absolute atomic E-state index is 12.2. The second-order valence-electron chi connectivity index (χ2n) is 8.62. The Bertz CT molecular complexity index is 890. The smallest absolute Gasteiger partial charge is 0.277 e. The summed E-state index contributed by atoms with van der Waals surface area (Å²) in [7, 11) is 0. The van der Waals surface area contributed by atoms with E-state index in [1.165, 1.54) is 27.8 Å². The molecule has 0 atom stereocenters. The maximum Gasteiger partial charge on any atom is 0.277 e. The average molecular weight is 379 g/mol. The summed E-state index contributed by atoms with van der Waals surface area (Å²) in [5.74, 6) is 0.439. The van der Waals surface area contributed by atoms with Crippen LogP contribution in [0.1, 0.15) is 61.4 Å². The number of nitrogens with one attached hydrogen (secondary N) is 1. The van der Waals surface area contributed by atoms with Gasteiger partial charge in [-0.05, 0) is 73.4 Å². The van der Waals surface area contributed by atoms with Crippen LogP contribution in [0.4, 0.5) is 0 Å². The van der Waals surface area contributed by atoms with E-state index in [2.05, 4.69) is 57.3 Å². The number of benzene rings is 2. The van der Waals surface area contributed by atoms with Gasteiger partial charge in [-0.15, -0.1) is 0 Å². The van der Waals surface area contributed by atoms with Crippen LogP contribution in [0.15, 0.2) is 41.5 Å². The van der Waals surface area contributed by atoms with Crippen molar-refractivity contribution < 1.29 is 9.53 Å². The Morgan fingerprint density at radius 2 is 1.82 bits per heavy atom. The molecule has 1 N–H and O–H groups in total. The molecule has 4 heteroatoms. The third-order valence-corrected chi connectivity index (χ3v) is 5.17. The maximum atomic E-state index is 12.2. The summed E-state index contributed by atoms with van der Waals surface area (Å²) in [5, 5.41) is 4.40. The lowest BCUT2D eigenvalue weighted by atomic mass is 9.86. The van der Waals surface area contributed by atoms with Crippen LogP contribution in [0.25, 0.3) is 0 Å². The fourth-order valence-corrected chi connectivity index (χ4v) is 3.63. The molecule has 0 radical (unpaired) electrons. The van der Waals surface area contributed by atoms with E-state index < -0.39 is 0 Å². The summed E-state index contributed by atoms with van der Waals surface area (Å²) in [6, 6.07) is 12.3. The quantitative estimate of drug-likeness (QED) is 0.774. The molecule has 0 aliphatic heterocycles. The zero-order valence-electron chi connectivity index (χ0n) is 17.6. The van der Waals surface area contributed by atoms with Gasteiger partial charge in [0.05, 0.1) is 5.71 Å². The highest BCUT2D eigenvalue weighted by atomic mass is 16.5. The summed E-state index contributed by atoms with van der Waals surface area (Å²) in [6.07, 6.45) is 3.01. The van der Waals surface area contributed by atoms with Crippen molar-refractivity contribution in [1.29, 1.82) is 0 Å². The van der Waals surface area contributed by atoms with Crippen molar-refractivity contribution in [2.45, 2.75) is 59.3 Å². The third-order valence-electron chi connectivity index (χ3n) is 5.17. The van der Waals surface area contributed by atoms with Crippen molar-refractivity contribution in [2.75, 3.05) is 6.61 Å². The van der Waals surface area contributed by atoms with Crippen molar-refractivity contribution in [3.05, 3.63) is 64.2 Å². The van der Waals surface area contributed by atoms with Gasteiger partial charge in [-0.1, -0.05) is 44.5 Å². The van der Waals surface area contributed by atoms with Gasteiger partial charge in [0, 0.05) is 5.56 Å². The minimum atomic E-state index is -0.246. The van der Waals surface area contributed by atoms with Gasteiger partial charge in [-0.2, -0.15) is 5.10 Å². The third kappa shape index (κ3) is 4.80. The van der Waals surface area contributed by atoms with E-state index in [0.29, 0.717) is 5.75 Å². The highest BCUT2D eigenvalue weighted by Crippen LogP contribution is 2.26. The van der Waals surface area contributed by atoms with Gasteiger partial charge < -0.3 is 4.74 Å². The largest absolute Gasteiger partial charge is 0.484 e.